The van der Waals surface area contributed by atoms with E-state index in [4.69, 9.17) is 17.0 Å². The average Bonchev–Trinajstić information content (AvgIpc) is 2.83. The Balaban J connectivity index is 1.92. The van der Waals surface area contributed by atoms with Gasteiger partial charge in [0, 0.05) is 4.47 Å². The first-order valence-electron chi connectivity index (χ1n) is 7.18. The number of anilines is 1. The maximum absolute atomic E-state index is 12.8. The molecule has 2 aromatic carbocycles. The van der Waals surface area contributed by atoms with Crippen molar-refractivity contribution in [2.45, 2.75) is 6.92 Å². The van der Waals surface area contributed by atoms with Crippen LogP contribution >= 0.6 is 39.9 Å². The molecule has 0 aromatic heterocycles. The zero-order valence-corrected chi connectivity index (χ0v) is 16.3. The number of rotatable bonds is 3. The van der Waals surface area contributed by atoms with Crippen molar-refractivity contribution in [1.82, 2.24) is 0 Å². The average molecular weight is 420 g/mol. The Morgan fingerprint density at radius 3 is 2.54 bits per heavy atom. The highest BCUT2D eigenvalue weighted by Gasteiger charge is 2.34. The molecule has 1 aliphatic rings. The summed E-state index contributed by atoms with van der Waals surface area (Å²) in [6, 6.07) is 13.3. The number of hydrogen-bond donors (Lipinski definition) is 0. The molecular weight excluding hydrogens is 406 g/mol. The molecule has 0 radical (unpaired) electrons. The fourth-order valence-corrected chi connectivity index (χ4v) is 4.16. The van der Waals surface area contributed by atoms with Crippen LogP contribution in [-0.2, 0) is 4.79 Å². The summed E-state index contributed by atoms with van der Waals surface area (Å²) in [5.74, 6) is 0.691. The van der Waals surface area contributed by atoms with Gasteiger partial charge < -0.3 is 4.74 Å². The van der Waals surface area contributed by atoms with Gasteiger partial charge >= 0.3 is 0 Å². The minimum atomic E-state index is -0.0914. The normalized spacial score (nSPS) is 16.1. The van der Waals surface area contributed by atoms with Crippen molar-refractivity contribution >= 4 is 61.9 Å². The third-order valence-corrected chi connectivity index (χ3v) is 5.40. The molecule has 0 atom stereocenters. The molecule has 3 rings (SSSR count). The molecule has 122 valence electrons. The molecule has 1 heterocycles. The Kier molecular flexibility index (Phi) is 5.08. The predicted molar refractivity (Wildman–Crippen MR) is 108 cm³/mol. The number of ether oxygens (including phenoxy) is 1. The summed E-state index contributed by atoms with van der Waals surface area (Å²) in [5, 5.41) is 0. The van der Waals surface area contributed by atoms with E-state index in [1.165, 1.54) is 11.8 Å². The third kappa shape index (κ3) is 3.41. The molecular formula is C18H14BrNO2S2. The summed E-state index contributed by atoms with van der Waals surface area (Å²) in [6.45, 7) is 1.96. The second-order valence-corrected chi connectivity index (χ2v) is 7.81. The van der Waals surface area contributed by atoms with Crippen molar-refractivity contribution in [3.63, 3.8) is 0 Å². The smallest absolute Gasteiger partial charge is 0.270 e. The van der Waals surface area contributed by atoms with Gasteiger partial charge in [0.1, 0.15) is 5.75 Å². The molecule has 0 unspecified atom stereocenters. The van der Waals surface area contributed by atoms with Gasteiger partial charge in [0.25, 0.3) is 5.91 Å². The number of carbonyl (C=O) groups excluding carboxylic acids is 1. The first kappa shape index (κ1) is 17.2. The van der Waals surface area contributed by atoms with Crippen molar-refractivity contribution in [3.05, 3.63) is 63.0 Å². The van der Waals surface area contributed by atoms with Crippen molar-refractivity contribution in [2.24, 2.45) is 0 Å². The first-order valence-corrected chi connectivity index (χ1v) is 9.19. The molecule has 1 fully saturated rings. The number of halogens is 1. The van der Waals surface area contributed by atoms with Gasteiger partial charge in [-0.05, 0) is 54.5 Å². The van der Waals surface area contributed by atoms with Crippen LogP contribution in [0.15, 0.2) is 51.8 Å². The third-order valence-electron chi connectivity index (χ3n) is 3.61. The lowest BCUT2D eigenvalue weighted by atomic mass is 10.1. The quantitative estimate of drug-likeness (QED) is 0.506. The summed E-state index contributed by atoms with van der Waals surface area (Å²) >= 11 is 10.2. The molecule has 6 heteroatoms. The highest BCUT2D eigenvalue weighted by molar-refractivity contribution is 9.10. The monoisotopic (exact) mass is 419 g/mol. The minimum absolute atomic E-state index is 0.0914. The Morgan fingerprint density at radius 1 is 1.21 bits per heavy atom. The molecule has 3 nitrogen and oxygen atoms in total. The molecule has 1 saturated heterocycles. The number of carbonyl (C=O) groups is 1. The molecule has 1 amide bonds. The summed E-state index contributed by atoms with van der Waals surface area (Å²) in [5.41, 5.74) is 2.74. The Morgan fingerprint density at radius 2 is 1.92 bits per heavy atom. The van der Waals surface area contributed by atoms with Gasteiger partial charge in [-0.3, -0.25) is 9.69 Å². The van der Waals surface area contributed by atoms with Gasteiger partial charge in [0.05, 0.1) is 17.7 Å². The van der Waals surface area contributed by atoms with Crippen LogP contribution in [0.2, 0.25) is 0 Å². The van der Waals surface area contributed by atoms with Crippen LogP contribution in [0.5, 0.6) is 5.75 Å². The summed E-state index contributed by atoms with van der Waals surface area (Å²) in [7, 11) is 1.63. The minimum Gasteiger partial charge on any atom is -0.497 e. The molecule has 24 heavy (non-hydrogen) atoms. The fourth-order valence-electron chi connectivity index (χ4n) is 2.40. The number of benzene rings is 2. The highest BCUT2D eigenvalue weighted by atomic mass is 79.9. The Hall–Kier alpha value is -1.63. The SMILES string of the molecule is COc1ccc(C=C2SC(=S)N(c3ccc(Br)cc3C)C2=O)cc1. The highest BCUT2D eigenvalue weighted by Crippen LogP contribution is 2.37. The van der Waals surface area contributed by atoms with Gasteiger partial charge in [0.2, 0.25) is 0 Å². The molecule has 0 saturated carbocycles. The van der Waals surface area contributed by atoms with E-state index < -0.39 is 0 Å². The zero-order valence-electron chi connectivity index (χ0n) is 13.1. The number of amides is 1. The molecule has 0 aliphatic carbocycles. The summed E-state index contributed by atoms with van der Waals surface area (Å²) in [4.78, 5) is 15.0. The van der Waals surface area contributed by atoms with E-state index in [2.05, 4.69) is 15.9 Å². The van der Waals surface area contributed by atoms with Crippen LogP contribution in [0.3, 0.4) is 0 Å². The van der Waals surface area contributed by atoms with Gasteiger partial charge in [0.15, 0.2) is 4.32 Å². The van der Waals surface area contributed by atoms with Crippen molar-refractivity contribution < 1.29 is 9.53 Å². The number of aryl methyl sites for hydroxylation is 1. The summed E-state index contributed by atoms with van der Waals surface area (Å²) < 4.78 is 6.67. The van der Waals surface area contributed by atoms with Crippen molar-refractivity contribution in [1.29, 1.82) is 0 Å². The van der Waals surface area contributed by atoms with Crippen LogP contribution in [0.4, 0.5) is 5.69 Å². The molecule has 2 aromatic rings. The first-order chi connectivity index (χ1) is 11.5. The van der Waals surface area contributed by atoms with E-state index in [0.717, 1.165) is 27.0 Å². The van der Waals surface area contributed by atoms with Crippen LogP contribution in [-0.4, -0.2) is 17.3 Å². The van der Waals surface area contributed by atoms with Crippen LogP contribution in [0.1, 0.15) is 11.1 Å². The van der Waals surface area contributed by atoms with Crippen molar-refractivity contribution in [3.8, 4) is 5.75 Å². The Bertz CT molecular complexity index is 847. The number of thioether (sulfide) groups is 1. The maximum Gasteiger partial charge on any atom is 0.270 e. The van der Waals surface area contributed by atoms with E-state index in [1.54, 1.807) is 12.0 Å². The molecule has 0 spiro atoms. The van der Waals surface area contributed by atoms with E-state index in [-0.39, 0.29) is 5.91 Å². The standard InChI is InChI=1S/C18H14BrNO2S2/c1-11-9-13(19)5-8-15(11)20-17(21)16(24-18(20)23)10-12-3-6-14(22-2)7-4-12/h3-10H,1-2H3. The number of nitrogens with zero attached hydrogens (tertiary/aromatic N) is 1. The van der Waals surface area contributed by atoms with Gasteiger partial charge in [-0.1, -0.05) is 52.0 Å². The van der Waals surface area contributed by atoms with E-state index in [1.807, 2.05) is 55.5 Å². The lowest BCUT2D eigenvalue weighted by molar-refractivity contribution is -0.113. The van der Waals surface area contributed by atoms with E-state index in [0.29, 0.717) is 9.23 Å². The topological polar surface area (TPSA) is 29.5 Å². The molecule has 0 bridgehead atoms. The number of methoxy groups -OCH3 is 1. The van der Waals surface area contributed by atoms with Crippen LogP contribution in [0.25, 0.3) is 6.08 Å². The summed E-state index contributed by atoms with van der Waals surface area (Å²) in [6.07, 6.45) is 1.85. The van der Waals surface area contributed by atoms with Crippen LogP contribution < -0.4 is 9.64 Å². The van der Waals surface area contributed by atoms with Crippen molar-refractivity contribution in [2.75, 3.05) is 12.0 Å². The number of hydrogen-bond acceptors (Lipinski definition) is 4. The second-order valence-electron chi connectivity index (χ2n) is 5.22. The molecule has 1 aliphatic heterocycles. The fraction of sp³-hybridized carbons (Fsp3) is 0.111. The van der Waals surface area contributed by atoms with Gasteiger partial charge in [-0.25, -0.2) is 0 Å². The zero-order chi connectivity index (χ0) is 17.3. The largest absolute Gasteiger partial charge is 0.497 e. The maximum atomic E-state index is 12.8. The van der Waals surface area contributed by atoms with E-state index >= 15 is 0 Å². The second kappa shape index (κ2) is 7.09. The Labute approximate surface area is 158 Å². The molecule has 0 N–H and O–H groups in total. The predicted octanol–water partition coefficient (Wildman–Crippen LogP) is 5.17. The van der Waals surface area contributed by atoms with Crippen LogP contribution in [0, 0.1) is 6.92 Å². The lowest BCUT2D eigenvalue weighted by Gasteiger charge is -2.17. The number of thiocarbonyl (C=S) groups is 1. The van der Waals surface area contributed by atoms with E-state index in [9.17, 15) is 4.79 Å². The van der Waals surface area contributed by atoms with Gasteiger partial charge in [-0.15, -0.1) is 0 Å². The lowest BCUT2D eigenvalue weighted by Crippen LogP contribution is -2.28. The van der Waals surface area contributed by atoms with Gasteiger partial charge in [-0.2, -0.15) is 0 Å².